The Morgan fingerprint density at radius 3 is 2.23 bits per heavy atom. The van der Waals surface area contributed by atoms with Gasteiger partial charge in [-0.2, -0.15) is 0 Å². The van der Waals surface area contributed by atoms with Crippen LogP contribution >= 0.6 is 0 Å². The van der Waals surface area contributed by atoms with Crippen LogP contribution in [0.1, 0.15) is 0 Å². The molecule has 22 heavy (non-hydrogen) atoms. The highest BCUT2D eigenvalue weighted by atomic mass is 15.3. The molecule has 1 aliphatic heterocycles. The molecule has 1 saturated heterocycles. The van der Waals surface area contributed by atoms with E-state index in [0.29, 0.717) is 0 Å². The van der Waals surface area contributed by atoms with E-state index >= 15 is 0 Å². The second-order valence-corrected chi connectivity index (χ2v) is 5.54. The van der Waals surface area contributed by atoms with Crippen LogP contribution in [-0.2, 0) is 0 Å². The van der Waals surface area contributed by atoms with Gasteiger partial charge < -0.3 is 9.80 Å². The Morgan fingerprint density at radius 2 is 1.41 bits per heavy atom. The van der Waals surface area contributed by atoms with E-state index in [4.69, 9.17) is 4.98 Å². The number of fused-ring (bicyclic) bond motifs is 1. The van der Waals surface area contributed by atoms with Crippen molar-refractivity contribution in [3.63, 3.8) is 0 Å². The number of hydrogen-bond acceptors (Lipinski definition) is 4. The van der Waals surface area contributed by atoms with Crippen molar-refractivity contribution in [2.45, 2.75) is 0 Å². The van der Waals surface area contributed by atoms with Crippen LogP contribution in [0.25, 0.3) is 10.9 Å². The molecule has 0 unspecified atom stereocenters. The zero-order valence-electron chi connectivity index (χ0n) is 12.4. The predicted molar refractivity (Wildman–Crippen MR) is 90.4 cm³/mol. The first kappa shape index (κ1) is 13.1. The highest BCUT2D eigenvalue weighted by Gasteiger charge is 2.19. The first-order chi connectivity index (χ1) is 10.9. The van der Waals surface area contributed by atoms with Crippen LogP contribution in [0.5, 0.6) is 0 Å². The number of hydrogen-bond donors (Lipinski definition) is 0. The van der Waals surface area contributed by atoms with Crippen molar-refractivity contribution in [1.29, 1.82) is 0 Å². The van der Waals surface area contributed by atoms with Crippen LogP contribution in [0.3, 0.4) is 0 Å². The minimum absolute atomic E-state index is 0.839. The Bertz CT molecular complexity index is 764. The Kier molecular flexibility index (Phi) is 3.35. The first-order valence-electron chi connectivity index (χ1n) is 7.67. The maximum absolute atomic E-state index is 4.69. The van der Waals surface area contributed by atoms with E-state index in [1.54, 1.807) is 0 Å². The summed E-state index contributed by atoms with van der Waals surface area (Å²) in [6.07, 6.45) is 1.92. The molecule has 0 spiro atoms. The largest absolute Gasteiger partial charge is 0.368 e. The lowest BCUT2D eigenvalue weighted by Gasteiger charge is -2.36. The quantitative estimate of drug-likeness (QED) is 0.726. The van der Waals surface area contributed by atoms with E-state index in [2.05, 4.69) is 45.1 Å². The fraction of sp³-hybridized carbons (Fsp3) is 0.222. The van der Waals surface area contributed by atoms with Crippen molar-refractivity contribution in [3.05, 3.63) is 60.8 Å². The van der Waals surface area contributed by atoms with Crippen molar-refractivity contribution < 1.29 is 0 Å². The molecule has 0 atom stereocenters. The molecule has 0 radical (unpaired) electrons. The van der Waals surface area contributed by atoms with Crippen LogP contribution in [0, 0.1) is 0 Å². The third-order valence-electron chi connectivity index (χ3n) is 4.16. The molecule has 4 rings (SSSR count). The molecular weight excluding hydrogens is 272 g/mol. The van der Waals surface area contributed by atoms with Gasteiger partial charge in [0.2, 0.25) is 5.95 Å². The van der Waals surface area contributed by atoms with E-state index in [-0.39, 0.29) is 0 Å². The van der Waals surface area contributed by atoms with E-state index in [0.717, 1.165) is 43.0 Å². The standard InChI is InChI=1S/C18H18N4/c1-2-7-16(8-3-1)21-10-12-22(13-11-21)18-19-14-15-6-4-5-9-17(15)20-18/h1-9,14H,10-13H2. The molecule has 3 aromatic rings. The lowest BCUT2D eigenvalue weighted by molar-refractivity contribution is 0.641. The van der Waals surface area contributed by atoms with Gasteiger partial charge in [-0.1, -0.05) is 36.4 Å². The Balaban J connectivity index is 1.50. The molecule has 1 aromatic heterocycles. The van der Waals surface area contributed by atoms with Crippen molar-refractivity contribution >= 4 is 22.5 Å². The van der Waals surface area contributed by atoms with Crippen LogP contribution in [0.15, 0.2) is 60.8 Å². The molecule has 0 saturated carbocycles. The molecule has 4 nitrogen and oxygen atoms in total. The number of anilines is 2. The highest BCUT2D eigenvalue weighted by molar-refractivity contribution is 5.78. The van der Waals surface area contributed by atoms with E-state index in [1.165, 1.54) is 5.69 Å². The zero-order valence-corrected chi connectivity index (χ0v) is 12.4. The minimum Gasteiger partial charge on any atom is -0.368 e. The van der Waals surface area contributed by atoms with Crippen LogP contribution in [-0.4, -0.2) is 36.1 Å². The van der Waals surface area contributed by atoms with Crippen LogP contribution in [0.4, 0.5) is 11.6 Å². The summed E-state index contributed by atoms with van der Waals surface area (Å²) in [7, 11) is 0. The lowest BCUT2D eigenvalue weighted by atomic mass is 10.2. The van der Waals surface area contributed by atoms with E-state index in [1.807, 2.05) is 30.5 Å². The van der Waals surface area contributed by atoms with Crippen LogP contribution < -0.4 is 9.80 Å². The molecule has 4 heteroatoms. The summed E-state index contributed by atoms with van der Waals surface area (Å²) >= 11 is 0. The van der Waals surface area contributed by atoms with Gasteiger partial charge in [-0.15, -0.1) is 0 Å². The summed E-state index contributed by atoms with van der Waals surface area (Å²) in [4.78, 5) is 13.9. The Labute approximate surface area is 130 Å². The number of benzene rings is 2. The summed E-state index contributed by atoms with van der Waals surface area (Å²) in [5, 5.41) is 1.09. The summed E-state index contributed by atoms with van der Waals surface area (Å²) in [6, 6.07) is 18.7. The van der Waals surface area contributed by atoms with Crippen molar-refractivity contribution in [3.8, 4) is 0 Å². The van der Waals surface area contributed by atoms with E-state index < -0.39 is 0 Å². The van der Waals surface area contributed by atoms with Crippen molar-refractivity contribution in [2.24, 2.45) is 0 Å². The van der Waals surface area contributed by atoms with Gasteiger partial charge in [0, 0.05) is 43.4 Å². The lowest BCUT2D eigenvalue weighted by Crippen LogP contribution is -2.47. The number of para-hydroxylation sites is 2. The van der Waals surface area contributed by atoms with Gasteiger partial charge in [-0.05, 0) is 18.2 Å². The monoisotopic (exact) mass is 290 g/mol. The average Bonchev–Trinajstić information content (AvgIpc) is 2.62. The molecule has 0 aliphatic carbocycles. The van der Waals surface area contributed by atoms with Crippen molar-refractivity contribution in [1.82, 2.24) is 9.97 Å². The fourth-order valence-electron chi connectivity index (χ4n) is 2.92. The number of aromatic nitrogens is 2. The number of nitrogens with zero attached hydrogens (tertiary/aromatic N) is 4. The third-order valence-corrected chi connectivity index (χ3v) is 4.16. The van der Waals surface area contributed by atoms with Gasteiger partial charge in [0.15, 0.2) is 0 Å². The highest BCUT2D eigenvalue weighted by Crippen LogP contribution is 2.19. The minimum atomic E-state index is 0.839. The smallest absolute Gasteiger partial charge is 0.225 e. The Hall–Kier alpha value is -2.62. The maximum Gasteiger partial charge on any atom is 0.225 e. The maximum atomic E-state index is 4.69. The van der Waals surface area contributed by atoms with Gasteiger partial charge in [0.1, 0.15) is 0 Å². The number of piperazine rings is 1. The molecule has 0 N–H and O–H groups in total. The summed E-state index contributed by atoms with van der Waals surface area (Å²) < 4.78 is 0. The topological polar surface area (TPSA) is 32.3 Å². The van der Waals surface area contributed by atoms with Crippen molar-refractivity contribution in [2.75, 3.05) is 36.0 Å². The first-order valence-corrected chi connectivity index (χ1v) is 7.67. The average molecular weight is 290 g/mol. The van der Waals surface area contributed by atoms with Gasteiger partial charge in [0.25, 0.3) is 0 Å². The molecule has 0 bridgehead atoms. The molecule has 0 amide bonds. The molecular formula is C18H18N4. The second kappa shape index (κ2) is 5.64. The van der Waals surface area contributed by atoms with Crippen LogP contribution in [0.2, 0.25) is 0 Å². The molecule has 110 valence electrons. The van der Waals surface area contributed by atoms with Gasteiger partial charge in [0.05, 0.1) is 5.52 Å². The predicted octanol–water partition coefficient (Wildman–Crippen LogP) is 2.96. The molecule has 2 aromatic carbocycles. The molecule has 1 fully saturated rings. The van der Waals surface area contributed by atoms with Gasteiger partial charge >= 0.3 is 0 Å². The summed E-state index contributed by atoms with van der Waals surface area (Å²) in [5.74, 6) is 0.839. The normalized spacial score (nSPS) is 15.3. The summed E-state index contributed by atoms with van der Waals surface area (Å²) in [6.45, 7) is 3.90. The fourth-order valence-corrected chi connectivity index (χ4v) is 2.92. The zero-order chi connectivity index (χ0) is 14.8. The molecule has 2 heterocycles. The third kappa shape index (κ3) is 2.48. The number of rotatable bonds is 2. The van der Waals surface area contributed by atoms with Gasteiger partial charge in [-0.25, -0.2) is 9.97 Å². The SMILES string of the molecule is c1ccc(N2CCN(c3ncc4ccccc4n3)CC2)cc1. The Morgan fingerprint density at radius 1 is 0.727 bits per heavy atom. The van der Waals surface area contributed by atoms with E-state index in [9.17, 15) is 0 Å². The second-order valence-electron chi connectivity index (χ2n) is 5.54. The molecule has 1 aliphatic rings. The summed E-state index contributed by atoms with van der Waals surface area (Å²) in [5.41, 5.74) is 2.31. The van der Waals surface area contributed by atoms with Gasteiger partial charge in [-0.3, -0.25) is 0 Å².